The molecule has 2 aromatic carbocycles. The molecular formula is C23H22O3. The number of hydrogen-bond donors (Lipinski definition) is 0. The molecule has 0 aromatic heterocycles. The smallest absolute Gasteiger partial charge is 0.169 e. The van der Waals surface area contributed by atoms with E-state index in [1.807, 2.05) is 48.5 Å². The fraction of sp³-hybridized carbons (Fsp3) is 0.348. The van der Waals surface area contributed by atoms with Gasteiger partial charge in [0.15, 0.2) is 5.79 Å². The Morgan fingerprint density at radius 3 is 2.31 bits per heavy atom. The number of ether oxygens (including phenoxy) is 2. The molecule has 1 saturated carbocycles. The first-order valence-electron chi connectivity index (χ1n) is 9.18. The molecule has 1 aliphatic heterocycles. The molecule has 0 unspecified atom stereocenters. The molecule has 2 aliphatic rings. The highest BCUT2D eigenvalue weighted by Crippen LogP contribution is 2.42. The molecule has 4 rings (SSSR count). The maximum atomic E-state index is 12.8. The fourth-order valence-electron chi connectivity index (χ4n) is 3.87. The molecule has 26 heavy (non-hydrogen) atoms. The van der Waals surface area contributed by atoms with Gasteiger partial charge in [-0.05, 0) is 17.7 Å². The van der Waals surface area contributed by atoms with Crippen molar-refractivity contribution in [3.8, 4) is 11.8 Å². The van der Waals surface area contributed by atoms with Crippen molar-refractivity contribution in [3.63, 3.8) is 0 Å². The van der Waals surface area contributed by atoms with Gasteiger partial charge in [0.2, 0.25) is 0 Å². The van der Waals surface area contributed by atoms with E-state index in [2.05, 4.69) is 24.0 Å². The van der Waals surface area contributed by atoms with E-state index in [0.717, 1.165) is 11.1 Å². The minimum atomic E-state index is -0.597. The summed E-state index contributed by atoms with van der Waals surface area (Å²) in [5.41, 5.74) is 2.03. The molecule has 0 bridgehead atoms. The topological polar surface area (TPSA) is 35.5 Å². The summed E-state index contributed by atoms with van der Waals surface area (Å²) in [6.07, 6.45) is 1.71. The molecule has 1 spiro atoms. The van der Waals surface area contributed by atoms with Crippen molar-refractivity contribution in [1.82, 2.24) is 0 Å². The minimum absolute atomic E-state index is 0.158. The predicted octanol–water partition coefficient (Wildman–Crippen LogP) is 3.93. The lowest BCUT2D eigenvalue weighted by Crippen LogP contribution is -2.42. The lowest BCUT2D eigenvalue weighted by Gasteiger charge is -2.37. The lowest BCUT2D eigenvalue weighted by molar-refractivity contribution is -0.189. The van der Waals surface area contributed by atoms with Gasteiger partial charge in [0.05, 0.1) is 19.1 Å². The first kappa shape index (κ1) is 17.0. The monoisotopic (exact) mass is 346 g/mol. The van der Waals surface area contributed by atoms with Crippen LogP contribution < -0.4 is 0 Å². The van der Waals surface area contributed by atoms with Crippen molar-refractivity contribution in [2.45, 2.75) is 31.0 Å². The molecule has 3 heteroatoms. The van der Waals surface area contributed by atoms with Crippen LogP contribution in [0.25, 0.3) is 0 Å². The first-order valence-corrected chi connectivity index (χ1v) is 9.18. The summed E-state index contributed by atoms with van der Waals surface area (Å²) in [5, 5.41) is 0. The largest absolute Gasteiger partial charge is 0.347 e. The van der Waals surface area contributed by atoms with E-state index in [1.165, 1.54) is 0 Å². The van der Waals surface area contributed by atoms with Crippen molar-refractivity contribution in [2.24, 2.45) is 5.92 Å². The molecule has 0 radical (unpaired) electrons. The number of carbonyl (C=O) groups excluding carboxylic acids is 1. The quantitative estimate of drug-likeness (QED) is 0.773. The summed E-state index contributed by atoms with van der Waals surface area (Å²) in [6.45, 7) is 1.21. The zero-order valence-corrected chi connectivity index (χ0v) is 14.7. The van der Waals surface area contributed by atoms with Crippen molar-refractivity contribution >= 4 is 5.78 Å². The third kappa shape index (κ3) is 3.58. The van der Waals surface area contributed by atoms with Gasteiger partial charge in [-0.2, -0.15) is 0 Å². The van der Waals surface area contributed by atoms with E-state index in [0.29, 0.717) is 32.5 Å². The third-order valence-electron chi connectivity index (χ3n) is 5.22. The highest BCUT2D eigenvalue weighted by atomic mass is 16.7. The average Bonchev–Trinajstić information content (AvgIpc) is 3.15. The Morgan fingerprint density at radius 1 is 0.962 bits per heavy atom. The maximum absolute atomic E-state index is 12.8. The predicted molar refractivity (Wildman–Crippen MR) is 99.5 cm³/mol. The van der Waals surface area contributed by atoms with E-state index >= 15 is 0 Å². The average molecular weight is 346 g/mol. The Hall–Kier alpha value is -2.41. The summed E-state index contributed by atoms with van der Waals surface area (Å²) in [7, 11) is 0. The van der Waals surface area contributed by atoms with Crippen LogP contribution in [-0.4, -0.2) is 24.8 Å². The van der Waals surface area contributed by atoms with Crippen LogP contribution in [0.15, 0.2) is 60.7 Å². The molecule has 1 heterocycles. The number of benzene rings is 2. The molecule has 3 nitrogen and oxygen atoms in total. The van der Waals surface area contributed by atoms with E-state index in [4.69, 9.17) is 9.47 Å². The van der Waals surface area contributed by atoms with Crippen LogP contribution in [0, 0.1) is 17.8 Å². The van der Waals surface area contributed by atoms with E-state index in [9.17, 15) is 4.79 Å². The number of carbonyl (C=O) groups is 1. The van der Waals surface area contributed by atoms with Gasteiger partial charge in [0, 0.05) is 30.7 Å². The van der Waals surface area contributed by atoms with Crippen LogP contribution in [0.5, 0.6) is 0 Å². The Kier molecular flexibility index (Phi) is 4.88. The maximum Gasteiger partial charge on any atom is 0.169 e. The van der Waals surface area contributed by atoms with Gasteiger partial charge in [-0.25, -0.2) is 0 Å². The molecule has 1 aliphatic carbocycles. The Balaban J connectivity index is 1.68. The molecule has 2 fully saturated rings. The molecule has 2 atom stereocenters. The highest BCUT2D eigenvalue weighted by Gasteiger charge is 2.47. The number of hydrogen-bond acceptors (Lipinski definition) is 3. The standard InChI is InChI=1S/C23H22O3/c24-22-13-14-23(25-15-16-26-23)17-21(22)20(19-9-5-2-6-10-19)12-11-18-7-3-1-4-8-18/h1-10,20-21H,13-17H2/t20-,21-/m0/s1. The molecule has 0 N–H and O–H groups in total. The fourth-order valence-corrected chi connectivity index (χ4v) is 3.87. The van der Waals surface area contributed by atoms with Gasteiger partial charge < -0.3 is 9.47 Å². The van der Waals surface area contributed by atoms with E-state index < -0.39 is 5.79 Å². The number of Topliss-reactive ketones (excluding diaryl/α,β-unsaturated/α-hetero) is 1. The van der Waals surface area contributed by atoms with Crippen LogP contribution >= 0.6 is 0 Å². The van der Waals surface area contributed by atoms with Crippen LogP contribution in [-0.2, 0) is 14.3 Å². The van der Waals surface area contributed by atoms with Gasteiger partial charge in [-0.1, -0.05) is 60.4 Å². The number of ketones is 1. The second-order valence-corrected chi connectivity index (χ2v) is 6.91. The lowest BCUT2D eigenvalue weighted by atomic mass is 9.74. The van der Waals surface area contributed by atoms with Crippen LogP contribution in [0.2, 0.25) is 0 Å². The van der Waals surface area contributed by atoms with Crippen LogP contribution in [0.3, 0.4) is 0 Å². The third-order valence-corrected chi connectivity index (χ3v) is 5.22. The number of rotatable bonds is 2. The summed E-state index contributed by atoms with van der Waals surface area (Å²) in [6, 6.07) is 20.0. The van der Waals surface area contributed by atoms with Crippen LogP contribution in [0.4, 0.5) is 0 Å². The second-order valence-electron chi connectivity index (χ2n) is 6.91. The molecule has 132 valence electrons. The summed E-state index contributed by atoms with van der Waals surface area (Å²) in [5.74, 6) is 5.93. The SMILES string of the molecule is O=C1CCC2(C[C@H]1[C@@H](C#Cc1ccccc1)c1ccccc1)OCCO2. The normalized spacial score (nSPS) is 22.6. The van der Waals surface area contributed by atoms with Crippen molar-refractivity contribution in [3.05, 3.63) is 71.8 Å². The summed E-state index contributed by atoms with van der Waals surface area (Å²) < 4.78 is 11.8. The van der Waals surface area contributed by atoms with Crippen molar-refractivity contribution in [2.75, 3.05) is 13.2 Å². The first-order chi connectivity index (χ1) is 12.8. The summed E-state index contributed by atoms with van der Waals surface area (Å²) in [4.78, 5) is 12.8. The van der Waals surface area contributed by atoms with E-state index in [-0.39, 0.29) is 17.6 Å². The molecule has 1 saturated heterocycles. The Bertz CT molecular complexity index is 811. The van der Waals surface area contributed by atoms with E-state index in [1.54, 1.807) is 0 Å². The zero-order chi connectivity index (χ0) is 17.8. The Labute approximate surface area is 154 Å². The minimum Gasteiger partial charge on any atom is -0.347 e. The van der Waals surface area contributed by atoms with Gasteiger partial charge in [0.25, 0.3) is 0 Å². The van der Waals surface area contributed by atoms with Gasteiger partial charge in [-0.15, -0.1) is 0 Å². The zero-order valence-electron chi connectivity index (χ0n) is 14.7. The second kappa shape index (κ2) is 7.45. The van der Waals surface area contributed by atoms with Gasteiger partial charge >= 0.3 is 0 Å². The van der Waals surface area contributed by atoms with Gasteiger partial charge in [0.1, 0.15) is 5.78 Å². The summed E-state index contributed by atoms with van der Waals surface area (Å²) >= 11 is 0. The van der Waals surface area contributed by atoms with Crippen LogP contribution in [0.1, 0.15) is 36.3 Å². The molecule has 2 aromatic rings. The van der Waals surface area contributed by atoms with Crippen molar-refractivity contribution < 1.29 is 14.3 Å². The molecular weight excluding hydrogens is 324 g/mol. The van der Waals surface area contributed by atoms with Crippen molar-refractivity contribution in [1.29, 1.82) is 0 Å². The highest BCUT2D eigenvalue weighted by molar-refractivity contribution is 5.83. The molecule has 0 amide bonds. The van der Waals surface area contributed by atoms with Gasteiger partial charge in [-0.3, -0.25) is 4.79 Å². The Morgan fingerprint density at radius 2 is 1.62 bits per heavy atom.